The van der Waals surface area contributed by atoms with Gasteiger partial charge in [0.05, 0.1) is 30.2 Å². The molecule has 0 radical (unpaired) electrons. The van der Waals surface area contributed by atoms with E-state index in [-0.39, 0.29) is 27.7 Å². The average molecular weight is 494 g/mol. The Morgan fingerprint density at radius 3 is 2.37 bits per heavy atom. The molecule has 0 saturated heterocycles. The molecular weight excluding hydrogens is 473 g/mol. The highest BCUT2D eigenvalue weighted by Crippen LogP contribution is 2.43. The van der Waals surface area contributed by atoms with Crippen LogP contribution >= 0.6 is 11.6 Å². The lowest BCUT2D eigenvalue weighted by molar-refractivity contribution is 0.0971. The molecule has 6 nitrogen and oxygen atoms in total. The summed E-state index contributed by atoms with van der Waals surface area (Å²) in [5.41, 5.74) is 1.11. The van der Waals surface area contributed by atoms with E-state index in [0.29, 0.717) is 41.0 Å². The Balaban J connectivity index is 1.78. The first-order valence-electron chi connectivity index (χ1n) is 11.2. The molecule has 2 heterocycles. The van der Waals surface area contributed by atoms with Crippen LogP contribution in [0.1, 0.15) is 41.6 Å². The maximum atomic E-state index is 13.7. The van der Waals surface area contributed by atoms with Gasteiger partial charge in [-0.1, -0.05) is 17.7 Å². The summed E-state index contributed by atoms with van der Waals surface area (Å²) in [6.07, 6.45) is 0. The van der Waals surface area contributed by atoms with Crippen LogP contribution in [0, 0.1) is 5.82 Å². The molecule has 1 unspecified atom stereocenters. The Labute approximate surface area is 205 Å². The van der Waals surface area contributed by atoms with Crippen molar-refractivity contribution in [2.24, 2.45) is 0 Å². The number of carbonyl (C=O) groups excluding carboxylic acids is 1. The fourth-order valence-electron chi connectivity index (χ4n) is 4.37. The molecule has 1 aromatic heterocycles. The number of nitrogens with zero attached hydrogens (tertiary/aromatic N) is 1. The van der Waals surface area contributed by atoms with E-state index >= 15 is 0 Å². The van der Waals surface area contributed by atoms with Crippen LogP contribution in [0.2, 0.25) is 5.02 Å². The van der Waals surface area contributed by atoms with Crippen LogP contribution in [0.25, 0.3) is 11.0 Å². The standard InChI is InChI=1S/C27H21ClFNO5/c1-3-33-21-11-5-15(13-22(21)34-4-2)24-23-25(31)19-14-16(28)6-12-20(19)35-26(23)27(32)30(24)18-9-7-17(29)8-10-18/h5-14,24H,3-4H2,1-2H3. The number of carbonyl (C=O) groups is 1. The van der Waals surface area contributed by atoms with Gasteiger partial charge in [0, 0.05) is 10.7 Å². The Morgan fingerprint density at radius 1 is 0.943 bits per heavy atom. The summed E-state index contributed by atoms with van der Waals surface area (Å²) in [4.78, 5) is 28.8. The van der Waals surface area contributed by atoms with E-state index in [0.717, 1.165) is 0 Å². The molecule has 1 aliphatic rings. The molecule has 3 aromatic carbocycles. The minimum absolute atomic E-state index is 0.0639. The molecule has 0 saturated carbocycles. The zero-order valence-corrected chi connectivity index (χ0v) is 19.8. The summed E-state index contributed by atoms with van der Waals surface area (Å²) >= 11 is 6.14. The van der Waals surface area contributed by atoms with Crippen molar-refractivity contribution < 1.29 is 23.1 Å². The van der Waals surface area contributed by atoms with E-state index in [4.69, 9.17) is 25.5 Å². The minimum atomic E-state index is -0.836. The van der Waals surface area contributed by atoms with Gasteiger partial charge in [-0.05, 0) is 74.0 Å². The number of rotatable bonds is 6. The molecule has 0 bridgehead atoms. The van der Waals surface area contributed by atoms with E-state index in [9.17, 15) is 14.0 Å². The van der Waals surface area contributed by atoms with Crippen molar-refractivity contribution in [2.75, 3.05) is 18.1 Å². The summed E-state index contributed by atoms with van der Waals surface area (Å²) in [7, 11) is 0. The van der Waals surface area contributed by atoms with Crippen molar-refractivity contribution in [1.29, 1.82) is 0 Å². The number of hydrogen-bond acceptors (Lipinski definition) is 5. The van der Waals surface area contributed by atoms with E-state index in [1.165, 1.54) is 35.2 Å². The molecule has 8 heteroatoms. The van der Waals surface area contributed by atoms with E-state index in [1.807, 2.05) is 13.8 Å². The van der Waals surface area contributed by atoms with Crippen LogP contribution in [0.3, 0.4) is 0 Å². The zero-order valence-electron chi connectivity index (χ0n) is 19.0. The maximum Gasteiger partial charge on any atom is 0.295 e. The lowest BCUT2D eigenvalue weighted by Crippen LogP contribution is -2.29. The van der Waals surface area contributed by atoms with Gasteiger partial charge in [0.15, 0.2) is 16.9 Å². The van der Waals surface area contributed by atoms with Gasteiger partial charge in [-0.3, -0.25) is 14.5 Å². The summed E-state index contributed by atoms with van der Waals surface area (Å²) in [6, 6.07) is 14.6. The predicted molar refractivity (Wildman–Crippen MR) is 131 cm³/mol. The highest BCUT2D eigenvalue weighted by atomic mass is 35.5. The number of hydrogen-bond donors (Lipinski definition) is 0. The Morgan fingerprint density at radius 2 is 1.66 bits per heavy atom. The maximum absolute atomic E-state index is 13.7. The monoisotopic (exact) mass is 493 g/mol. The van der Waals surface area contributed by atoms with Crippen molar-refractivity contribution in [3.63, 3.8) is 0 Å². The zero-order chi connectivity index (χ0) is 24.7. The van der Waals surface area contributed by atoms with Gasteiger partial charge in [-0.2, -0.15) is 0 Å². The third-order valence-corrected chi connectivity index (χ3v) is 6.06. The smallest absolute Gasteiger partial charge is 0.295 e. The highest BCUT2D eigenvalue weighted by molar-refractivity contribution is 6.31. The number of fused-ring (bicyclic) bond motifs is 2. The number of amides is 1. The fraction of sp³-hybridized carbons (Fsp3) is 0.185. The fourth-order valence-corrected chi connectivity index (χ4v) is 4.54. The van der Waals surface area contributed by atoms with Crippen molar-refractivity contribution in [3.05, 3.63) is 98.6 Å². The van der Waals surface area contributed by atoms with Crippen molar-refractivity contribution in [2.45, 2.75) is 19.9 Å². The first-order valence-corrected chi connectivity index (χ1v) is 11.6. The summed E-state index contributed by atoms with van der Waals surface area (Å²) in [5.74, 6) is 0.0282. The molecule has 1 aliphatic heterocycles. The number of halogens is 2. The molecule has 35 heavy (non-hydrogen) atoms. The van der Waals surface area contributed by atoms with Crippen LogP contribution in [0.5, 0.6) is 11.5 Å². The van der Waals surface area contributed by atoms with Crippen molar-refractivity contribution in [1.82, 2.24) is 0 Å². The second kappa shape index (κ2) is 9.07. The normalized spacial score (nSPS) is 14.9. The lowest BCUT2D eigenvalue weighted by Gasteiger charge is -2.26. The van der Waals surface area contributed by atoms with Gasteiger partial charge in [0.1, 0.15) is 11.4 Å². The van der Waals surface area contributed by atoms with E-state index in [1.54, 1.807) is 30.3 Å². The third-order valence-electron chi connectivity index (χ3n) is 5.82. The molecule has 1 amide bonds. The molecule has 4 aromatic rings. The minimum Gasteiger partial charge on any atom is -0.490 e. The Hall–Kier alpha value is -3.84. The number of anilines is 1. The van der Waals surface area contributed by atoms with Crippen LogP contribution in [-0.2, 0) is 0 Å². The summed E-state index contributed by atoms with van der Waals surface area (Å²) in [6.45, 7) is 4.57. The number of ether oxygens (including phenoxy) is 2. The van der Waals surface area contributed by atoms with Gasteiger partial charge in [-0.15, -0.1) is 0 Å². The largest absolute Gasteiger partial charge is 0.490 e. The Kier molecular flexibility index (Phi) is 5.94. The SMILES string of the molecule is CCOc1ccc(C2c3c(oc4ccc(Cl)cc4c3=O)C(=O)N2c2ccc(F)cc2)cc1OCC. The molecule has 0 spiro atoms. The lowest BCUT2D eigenvalue weighted by atomic mass is 9.97. The van der Waals surface area contributed by atoms with Gasteiger partial charge in [-0.25, -0.2) is 4.39 Å². The van der Waals surface area contributed by atoms with Crippen LogP contribution in [0.15, 0.2) is 69.9 Å². The molecule has 0 N–H and O–H groups in total. The highest BCUT2D eigenvalue weighted by Gasteiger charge is 2.44. The molecule has 0 fully saturated rings. The van der Waals surface area contributed by atoms with Crippen molar-refractivity contribution >= 4 is 34.2 Å². The predicted octanol–water partition coefficient (Wildman–Crippen LogP) is 6.13. The average Bonchev–Trinajstić information content (AvgIpc) is 3.14. The molecule has 0 aliphatic carbocycles. The van der Waals surface area contributed by atoms with Gasteiger partial charge >= 0.3 is 0 Å². The molecular formula is C27H21ClFNO5. The second-order valence-electron chi connectivity index (χ2n) is 7.94. The van der Waals surface area contributed by atoms with Crippen LogP contribution < -0.4 is 19.8 Å². The number of benzene rings is 3. The van der Waals surface area contributed by atoms with Gasteiger partial charge in [0.25, 0.3) is 5.91 Å². The molecule has 1 atom stereocenters. The van der Waals surface area contributed by atoms with Crippen molar-refractivity contribution in [3.8, 4) is 11.5 Å². The quantitative estimate of drug-likeness (QED) is 0.323. The molecule has 178 valence electrons. The summed E-state index contributed by atoms with van der Waals surface area (Å²) < 4.78 is 31.1. The third kappa shape index (κ3) is 3.91. The van der Waals surface area contributed by atoms with E-state index in [2.05, 4.69) is 0 Å². The van der Waals surface area contributed by atoms with Crippen LogP contribution in [0.4, 0.5) is 10.1 Å². The van der Waals surface area contributed by atoms with Crippen LogP contribution in [-0.4, -0.2) is 19.1 Å². The topological polar surface area (TPSA) is 69.0 Å². The first kappa shape index (κ1) is 22.9. The van der Waals surface area contributed by atoms with Gasteiger partial charge < -0.3 is 13.9 Å². The van der Waals surface area contributed by atoms with E-state index < -0.39 is 17.8 Å². The second-order valence-corrected chi connectivity index (χ2v) is 8.38. The molecule has 5 rings (SSSR count). The first-order chi connectivity index (χ1) is 16.9. The van der Waals surface area contributed by atoms with Gasteiger partial charge in [0.2, 0.25) is 5.76 Å². The Bertz CT molecular complexity index is 1500. The summed E-state index contributed by atoms with van der Waals surface area (Å²) in [5, 5.41) is 0.645.